The summed E-state index contributed by atoms with van der Waals surface area (Å²) in [4.78, 5) is 12.8. The summed E-state index contributed by atoms with van der Waals surface area (Å²) in [5.74, 6) is -0.530. The van der Waals surface area contributed by atoms with E-state index < -0.39 is 49.3 Å². The van der Waals surface area contributed by atoms with Gasteiger partial charge in [-0.25, -0.2) is 16.8 Å². The first-order valence-electron chi connectivity index (χ1n) is 13.0. The Morgan fingerprint density at radius 2 is 1.40 bits per heavy atom. The summed E-state index contributed by atoms with van der Waals surface area (Å²) in [7, 11) is -7.21. The molecule has 0 heterocycles. The number of benzene rings is 4. The molecule has 0 aliphatic carbocycles. The molecule has 0 unspecified atom stereocenters. The molecule has 0 spiro atoms. The number of alkyl halides is 3. The van der Waals surface area contributed by atoms with E-state index in [1.165, 1.54) is 31.4 Å². The number of carbonyl (C=O) groups is 1. The zero-order chi connectivity index (χ0) is 33.2. The quantitative estimate of drug-likeness (QED) is 0.194. The van der Waals surface area contributed by atoms with Crippen molar-refractivity contribution in [1.82, 2.24) is 0 Å². The Morgan fingerprint density at radius 3 is 2.00 bits per heavy atom. The molecule has 9 nitrogen and oxygen atoms in total. The molecule has 0 aliphatic heterocycles. The highest BCUT2D eigenvalue weighted by Crippen LogP contribution is 2.37. The first-order valence-corrected chi connectivity index (χ1v) is 16.3. The Bertz CT molecular complexity index is 1940. The predicted molar refractivity (Wildman–Crippen MR) is 166 cm³/mol. The van der Waals surface area contributed by atoms with Gasteiger partial charge in [-0.15, -0.1) is 0 Å². The molecule has 0 atom stereocenters. The molecule has 0 radical (unpaired) electrons. The van der Waals surface area contributed by atoms with Crippen molar-refractivity contribution >= 4 is 54.6 Å². The highest BCUT2D eigenvalue weighted by Gasteiger charge is 2.34. The molecule has 4 aromatic rings. The van der Waals surface area contributed by atoms with E-state index in [1.807, 2.05) is 0 Å². The lowest BCUT2D eigenvalue weighted by Gasteiger charge is -2.26. The first kappa shape index (κ1) is 33.6. The number of nitrogens with zero attached hydrogens (tertiary/aromatic N) is 1. The number of hydrogen-bond acceptors (Lipinski definition) is 6. The summed E-state index contributed by atoms with van der Waals surface area (Å²) in [6.45, 7) is 2.90. The van der Waals surface area contributed by atoms with Gasteiger partial charge in [0.05, 0.1) is 33.2 Å². The van der Waals surface area contributed by atoms with Gasteiger partial charge < -0.3 is 10.1 Å². The Labute approximate surface area is 263 Å². The number of anilines is 3. The van der Waals surface area contributed by atoms with Crippen LogP contribution in [0.1, 0.15) is 16.7 Å². The van der Waals surface area contributed by atoms with Crippen LogP contribution < -0.4 is 19.1 Å². The van der Waals surface area contributed by atoms with Crippen LogP contribution in [-0.2, 0) is 31.0 Å². The number of hydrogen-bond donors (Lipinski definition) is 2. The van der Waals surface area contributed by atoms with Gasteiger partial charge in [0.15, 0.2) is 0 Å². The lowest BCUT2D eigenvalue weighted by Crippen LogP contribution is -2.38. The number of halogens is 4. The van der Waals surface area contributed by atoms with Gasteiger partial charge >= 0.3 is 6.18 Å². The molecule has 0 aliphatic rings. The van der Waals surface area contributed by atoms with Crippen LogP contribution >= 0.6 is 11.6 Å². The maximum atomic E-state index is 13.8. The van der Waals surface area contributed by atoms with Gasteiger partial charge in [0.2, 0.25) is 5.91 Å². The largest absolute Gasteiger partial charge is 0.495 e. The fourth-order valence-electron chi connectivity index (χ4n) is 4.20. The molecular formula is C30H27ClF3N3O6S2. The molecule has 0 bridgehead atoms. The molecule has 15 heteroatoms. The maximum Gasteiger partial charge on any atom is 0.417 e. The van der Waals surface area contributed by atoms with Crippen molar-refractivity contribution in [2.45, 2.75) is 29.8 Å². The Hall–Kier alpha value is -4.27. The predicted octanol–water partition coefficient (Wildman–Crippen LogP) is 6.62. The van der Waals surface area contributed by atoms with Crippen LogP contribution in [-0.4, -0.2) is 36.4 Å². The second kappa shape index (κ2) is 13.0. The van der Waals surface area contributed by atoms with Gasteiger partial charge in [-0.1, -0.05) is 35.4 Å². The molecule has 0 fully saturated rings. The van der Waals surface area contributed by atoms with Gasteiger partial charge in [-0.2, -0.15) is 13.2 Å². The minimum atomic E-state index is -4.79. The van der Waals surface area contributed by atoms with Gasteiger partial charge in [0.1, 0.15) is 12.3 Å². The van der Waals surface area contributed by atoms with E-state index in [-0.39, 0.29) is 32.6 Å². The number of aryl methyl sites for hydroxylation is 2. The van der Waals surface area contributed by atoms with E-state index in [1.54, 1.807) is 44.2 Å². The van der Waals surface area contributed by atoms with E-state index in [0.29, 0.717) is 11.6 Å². The van der Waals surface area contributed by atoms with Crippen molar-refractivity contribution in [3.8, 4) is 5.75 Å². The van der Waals surface area contributed by atoms with Crippen LogP contribution in [0.15, 0.2) is 94.7 Å². The standard InChI is InChI=1S/C30H27ClF3N3O6S2/c1-19-4-10-24(11-5-19)45(41,42)37(27-16-20(2)6-15-28(27)43-3)18-29(38)35-21-7-12-23(13-8-21)44(39,40)36-22-9-14-26(31)25(17-22)30(32,33)34/h4-17,36H,18H2,1-3H3,(H,35,38). The Balaban J connectivity index is 1.57. The summed E-state index contributed by atoms with van der Waals surface area (Å²) in [6, 6.07) is 18.4. The summed E-state index contributed by atoms with van der Waals surface area (Å²) >= 11 is 5.60. The fraction of sp³-hybridized carbons (Fsp3) is 0.167. The highest BCUT2D eigenvalue weighted by atomic mass is 35.5. The third-order valence-corrected chi connectivity index (χ3v) is 9.97. The van der Waals surface area contributed by atoms with Crippen LogP contribution in [0.3, 0.4) is 0 Å². The van der Waals surface area contributed by atoms with Crippen molar-refractivity contribution in [3.05, 3.63) is 107 Å². The summed E-state index contributed by atoms with van der Waals surface area (Å²) in [5, 5.41) is 1.96. The lowest BCUT2D eigenvalue weighted by molar-refractivity contribution is -0.137. The molecule has 238 valence electrons. The molecule has 0 aromatic heterocycles. The summed E-state index contributed by atoms with van der Waals surface area (Å²) < 4.78 is 101. The molecular weight excluding hydrogens is 655 g/mol. The Kier molecular flexibility index (Phi) is 9.71. The van der Waals surface area contributed by atoms with Gasteiger partial charge in [0.25, 0.3) is 20.0 Å². The topological polar surface area (TPSA) is 122 Å². The third-order valence-electron chi connectivity index (χ3n) is 6.47. The molecule has 4 rings (SSSR count). The number of rotatable bonds is 10. The Morgan fingerprint density at radius 1 is 0.822 bits per heavy atom. The third kappa shape index (κ3) is 7.88. The molecule has 0 saturated carbocycles. The number of carbonyl (C=O) groups excluding carboxylic acids is 1. The molecule has 2 N–H and O–H groups in total. The average molecular weight is 682 g/mol. The van der Waals surface area contributed by atoms with Crippen LogP contribution in [0.25, 0.3) is 0 Å². The van der Waals surface area contributed by atoms with Crippen molar-refractivity contribution < 1.29 is 39.5 Å². The van der Waals surface area contributed by atoms with Crippen LogP contribution in [0.5, 0.6) is 5.75 Å². The van der Waals surface area contributed by atoms with Gasteiger partial charge in [-0.3, -0.25) is 13.8 Å². The number of amides is 1. The van der Waals surface area contributed by atoms with E-state index in [2.05, 4.69) is 10.0 Å². The smallest absolute Gasteiger partial charge is 0.417 e. The number of methoxy groups -OCH3 is 1. The fourth-order valence-corrected chi connectivity index (χ4v) is 6.90. The highest BCUT2D eigenvalue weighted by molar-refractivity contribution is 7.93. The number of ether oxygens (including phenoxy) is 1. The SMILES string of the molecule is COc1ccc(C)cc1N(CC(=O)Nc1ccc(S(=O)(=O)Nc2ccc(Cl)c(C(F)(F)F)c2)cc1)S(=O)(=O)c1ccc(C)cc1. The normalized spacial score (nSPS) is 12.0. The molecule has 0 saturated heterocycles. The van der Waals surface area contributed by atoms with Crippen molar-refractivity contribution in [3.63, 3.8) is 0 Å². The van der Waals surface area contributed by atoms with E-state index in [0.717, 1.165) is 34.1 Å². The summed E-state index contributed by atoms with van der Waals surface area (Å²) in [5.41, 5.74) is 0.264. The van der Waals surface area contributed by atoms with Gasteiger partial charge in [0, 0.05) is 11.4 Å². The van der Waals surface area contributed by atoms with E-state index in [4.69, 9.17) is 16.3 Å². The van der Waals surface area contributed by atoms with Crippen molar-refractivity contribution in [1.29, 1.82) is 0 Å². The van der Waals surface area contributed by atoms with Gasteiger partial charge in [-0.05, 0) is 86.1 Å². The lowest BCUT2D eigenvalue weighted by atomic mass is 10.2. The minimum Gasteiger partial charge on any atom is -0.495 e. The molecule has 45 heavy (non-hydrogen) atoms. The number of nitrogens with one attached hydrogen (secondary N) is 2. The molecule has 4 aromatic carbocycles. The second-order valence-corrected chi connectivity index (χ2v) is 13.8. The molecule has 1 amide bonds. The van der Waals surface area contributed by atoms with Crippen LogP contribution in [0.4, 0.5) is 30.2 Å². The van der Waals surface area contributed by atoms with Crippen molar-refractivity contribution in [2.75, 3.05) is 28.0 Å². The minimum absolute atomic E-state index is 0.0467. The first-order chi connectivity index (χ1) is 21.0. The number of sulfonamides is 2. The average Bonchev–Trinajstić information content (AvgIpc) is 2.96. The van der Waals surface area contributed by atoms with E-state index in [9.17, 15) is 34.8 Å². The van der Waals surface area contributed by atoms with Crippen LogP contribution in [0.2, 0.25) is 5.02 Å². The zero-order valence-electron chi connectivity index (χ0n) is 24.0. The van der Waals surface area contributed by atoms with Crippen LogP contribution in [0, 0.1) is 13.8 Å². The monoisotopic (exact) mass is 681 g/mol. The zero-order valence-corrected chi connectivity index (χ0v) is 26.4. The second-order valence-electron chi connectivity index (χ2n) is 9.87. The van der Waals surface area contributed by atoms with E-state index >= 15 is 0 Å². The van der Waals surface area contributed by atoms with Crippen molar-refractivity contribution in [2.24, 2.45) is 0 Å². The maximum absolute atomic E-state index is 13.8. The summed E-state index contributed by atoms with van der Waals surface area (Å²) in [6.07, 6.45) is -4.79.